The molecule has 0 saturated carbocycles. The Bertz CT molecular complexity index is 398. The second-order valence-corrected chi connectivity index (χ2v) is 6.08. The van der Waals surface area contributed by atoms with Crippen molar-refractivity contribution in [1.82, 2.24) is 5.32 Å². The molecule has 0 aliphatic rings. The van der Waals surface area contributed by atoms with Gasteiger partial charge in [-0.1, -0.05) is 56.0 Å². The van der Waals surface area contributed by atoms with Crippen LogP contribution in [0.2, 0.25) is 10.0 Å². The van der Waals surface area contributed by atoms with Crippen molar-refractivity contribution in [2.24, 2.45) is 5.92 Å². The maximum Gasteiger partial charge on any atom is 0.0587 e. The summed E-state index contributed by atoms with van der Waals surface area (Å²) in [5.41, 5.74) is 1.18. The Morgan fingerprint density at radius 1 is 1.30 bits per heavy atom. The van der Waals surface area contributed by atoms with Gasteiger partial charge in [-0.05, 0) is 23.6 Å². The number of halogens is 2. The van der Waals surface area contributed by atoms with Crippen molar-refractivity contribution >= 4 is 23.2 Å². The van der Waals surface area contributed by atoms with E-state index in [4.69, 9.17) is 27.9 Å². The van der Waals surface area contributed by atoms with Gasteiger partial charge in [0, 0.05) is 36.2 Å². The van der Waals surface area contributed by atoms with Crippen molar-refractivity contribution < 1.29 is 4.74 Å². The molecule has 1 N–H and O–H groups in total. The molecule has 1 aromatic carbocycles. The van der Waals surface area contributed by atoms with Gasteiger partial charge in [0.15, 0.2) is 0 Å². The Hall–Kier alpha value is -0.280. The zero-order valence-electron chi connectivity index (χ0n) is 12.6. The fourth-order valence-electron chi connectivity index (χ4n) is 2.51. The number of methoxy groups -OCH3 is 1. The van der Waals surface area contributed by atoms with Crippen LogP contribution in [0, 0.1) is 5.92 Å². The number of hydrogen-bond donors (Lipinski definition) is 1. The van der Waals surface area contributed by atoms with E-state index in [2.05, 4.69) is 25.2 Å². The van der Waals surface area contributed by atoms with E-state index in [9.17, 15) is 0 Å². The van der Waals surface area contributed by atoms with Crippen LogP contribution in [-0.4, -0.2) is 26.8 Å². The third kappa shape index (κ3) is 5.61. The first-order valence-corrected chi connectivity index (χ1v) is 8.00. The van der Waals surface area contributed by atoms with Crippen LogP contribution < -0.4 is 5.32 Å². The Morgan fingerprint density at radius 3 is 2.65 bits per heavy atom. The van der Waals surface area contributed by atoms with E-state index in [-0.39, 0.29) is 0 Å². The average molecular weight is 318 g/mol. The Labute approximate surface area is 132 Å². The van der Waals surface area contributed by atoms with Gasteiger partial charge in [0.2, 0.25) is 0 Å². The van der Waals surface area contributed by atoms with Crippen molar-refractivity contribution in [1.29, 1.82) is 0 Å². The summed E-state index contributed by atoms with van der Waals surface area (Å²) < 4.78 is 5.07. The van der Waals surface area contributed by atoms with Gasteiger partial charge in [-0.15, -0.1) is 0 Å². The summed E-state index contributed by atoms with van der Waals surface area (Å²) in [6, 6.07) is 5.81. The second kappa shape index (κ2) is 9.62. The minimum absolute atomic E-state index is 0.400. The van der Waals surface area contributed by atoms with Crippen LogP contribution in [0.1, 0.15) is 38.2 Å². The molecule has 0 heterocycles. The summed E-state index contributed by atoms with van der Waals surface area (Å²) in [5, 5.41) is 4.90. The maximum atomic E-state index is 6.37. The monoisotopic (exact) mass is 317 g/mol. The fourth-order valence-corrected chi connectivity index (χ4v) is 3.06. The predicted molar refractivity (Wildman–Crippen MR) is 88.0 cm³/mol. The molecule has 0 radical (unpaired) electrons. The van der Waals surface area contributed by atoms with E-state index in [1.165, 1.54) is 18.4 Å². The summed E-state index contributed by atoms with van der Waals surface area (Å²) in [5.74, 6) is 0.977. The molecule has 20 heavy (non-hydrogen) atoms. The molecule has 1 aromatic rings. The minimum Gasteiger partial charge on any atom is -0.383 e. The van der Waals surface area contributed by atoms with E-state index < -0.39 is 0 Å². The van der Waals surface area contributed by atoms with Gasteiger partial charge in [0.05, 0.1) is 6.61 Å². The molecule has 0 bridgehead atoms. The number of hydrogen-bond acceptors (Lipinski definition) is 2. The highest BCUT2D eigenvalue weighted by Gasteiger charge is 2.21. The summed E-state index contributed by atoms with van der Waals surface area (Å²) in [6.45, 7) is 7.00. The molecule has 1 rings (SSSR count). The highest BCUT2D eigenvalue weighted by Crippen LogP contribution is 2.33. The fraction of sp³-hybridized carbons (Fsp3) is 0.625. The van der Waals surface area contributed by atoms with Crippen LogP contribution in [0.4, 0.5) is 0 Å². The Kier molecular flexibility index (Phi) is 8.55. The summed E-state index contributed by atoms with van der Waals surface area (Å²) in [7, 11) is 1.72. The van der Waals surface area contributed by atoms with E-state index in [0.29, 0.717) is 16.9 Å². The first-order valence-electron chi connectivity index (χ1n) is 7.24. The number of nitrogens with one attached hydrogen (secondary N) is 1. The van der Waals surface area contributed by atoms with E-state index in [1.54, 1.807) is 7.11 Å². The standard InChI is InChI=1S/C16H25Cl2NO/c1-4-5-12(2)15(11-19-8-9-20-3)14-7-6-13(17)10-16(14)18/h6-7,10,12,15,19H,4-5,8-9,11H2,1-3H3. The maximum absolute atomic E-state index is 6.37. The molecule has 0 saturated heterocycles. The topological polar surface area (TPSA) is 21.3 Å². The van der Waals surface area contributed by atoms with Crippen LogP contribution >= 0.6 is 23.2 Å². The van der Waals surface area contributed by atoms with Crippen LogP contribution in [-0.2, 0) is 4.74 Å². The number of benzene rings is 1. The molecule has 0 aromatic heterocycles. The molecule has 0 spiro atoms. The lowest BCUT2D eigenvalue weighted by Crippen LogP contribution is -2.28. The van der Waals surface area contributed by atoms with Crippen molar-refractivity contribution in [2.45, 2.75) is 32.6 Å². The molecule has 2 nitrogen and oxygen atoms in total. The molecule has 2 atom stereocenters. The minimum atomic E-state index is 0.400. The first kappa shape index (κ1) is 17.8. The predicted octanol–water partition coefficient (Wildman–Crippen LogP) is 4.75. The quantitative estimate of drug-likeness (QED) is 0.664. The Balaban J connectivity index is 2.79. The normalized spacial score (nSPS) is 14.2. The molecular weight excluding hydrogens is 293 g/mol. The highest BCUT2D eigenvalue weighted by atomic mass is 35.5. The number of ether oxygens (including phenoxy) is 1. The van der Waals surface area contributed by atoms with Crippen LogP contribution in [0.15, 0.2) is 18.2 Å². The third-order valence-electron chi connectivity index (χ3n) is 3.64. The van der Waals surface area contributed by atoms with E-state index in [0.717, 1.165) is 24.7 Å². The second-order valence-electron chi connectivity index (χ2n) is 5.24. The van der Waals surface area contributed by atoms with Crippen LogP contribution in [0.3, 0.4) is 0 Å². The van der Waals surface area contributed by atoms with Crippen molar-refractivity contribution in [3.8, 4) is 0 Å². The van der Waals surface area contributed by atoms with Crippen molar-refractivity contribution in [3.05, 3.63) is 33.8 Å². The lowest BCUT2D eigenvalue weighted by atomic mass is 9.84. The lowest BCUT2D eigenvalue weighted by molar-refractivity contribution is 0.198. The van der Waals surface area contributed by atoms with Gasteiger partial charge >= 0.3 is 0 Å². The van der Waals surface area contributed by atoms with E-state index >= 15 is 0 Å². The highest BCUT2D eigenvalue weighted by molar-refractivity contribution is 6.35. The number of rotatable bonds is 9. The lowest BCUT2D eigenvalue weighted by Gasteiger charge is -2.25. The summed E-state index contributed by atoms with van der Waals surface area (Å²) >= 11 is 12.4. The first-order chi connectivity index (χ1) is 9.60. The molecule has 0 amide bonds. The molecule has 114 valence electrons. The van der Waals surface area contributed by atoms with Gasteiger partial charge in [-0.3, -0.25) is 0 Å². The van der Waals surface area contributed by atoms with Gasteiger partial charge in [0.25, 0.3) is 0 Å². The molecular formula is C16H25Cl2NO. The molecule has 4 heteroatoms. The zero-order valence-corrected chi connectivity index (χ0v) is 14.1. The smallest absolute Gasteiger partial charge is 0.0587 e. The zero-order chi connectivity index (χ0) is 15.0. The van der Waals surface area contributed by atoms with Gasteiger partial charge < -0.3 is 10.1 Å². The summed E-state index contributed by atoms with van der Waals surface area (Å²) in [6.07, 6.45) is 2.37. The molecule has 2 unspecified atom stereocenters. The largest absolute Gasteiger partial charge is 0.383 e. The third-order valence-corrected chi connectivity index (χ3v) is 4.20. The SMILES string of the molecule is CCCC(C)C(CNCCOC)c1ccc(Cl)cc1Cl. The van der Waals surface area contributed by atoms with Crippen molar-refractivity contribution in [2.75, 3.05) is 26.8 Å². The summed E-state index contributed by atoms with van der Waals surface area (Å²) in [4.78, 5) is 0. The molecule has 0 fully saturated rings. The molecule has 0 aliphatic heterocycles. The Morgan fingerprint density at radius 2 is 2.05 bits per heavy atom. The van der Waals surface area contributed by atoms with E-state index in [1.807, 2.05) is 12.1 Å². The van der Waals surface area contributed by atoms with Crippen molar-refractivity contribution in [3.63, 3.8) is 0 Å². The van der Waals surface area contributed by atoms with Gasteiger partial charge in [-0.25, -0.2) is 0 Å². The van der Waals surface area contributed by atoms with Gasteiger partial charge in [0.1, 0.15) is 0 Å². The van der Waals surface area contributed by atoms with Crippen LogP contribution in [0.5, 0.6) is 0 Å². The average Bonchev–Trinajstić information content (AvgIpc) is 2.40. The molecule has 0 aliphatic carbocycles. The van der Waals surface area contributed by atoms with Crippen LogP contribution in [0.25, 0.3) is 0 Å². The van der Waals surface area contributed by atoms with Gasteiger partial charge in [-0.2, -0.15) is 0 Å².